The molecule has 2 fully saturated rings. The maximum atomic E-state index is 12.5. The average Bonchev–Trinajstić information content (AvgIpc) is 3.17. The van der Waals surface area contributed by atoms with Crippen LogP contribution in [0.15, 0.2) is 17.5 Å². The van der Waals surface area contributed by atoms with Crippen molar-refractivity contribution in [3.8, 4) is 0 Å². The van der Waals surface area contributed by atoms with E-state index in [4.69, 9.17) is 4.74 Å². The van der Waals surface area contributed by atoms with E-state index in [0.717, 1.165) is 32.4 Å². The van der Waals surface area contributed by atoms with Crippen molar-refractivity contribution in [2.75, 3.05) is 39.4 Å². The molecule has 25 heavy (non-hydrogen) atoms. The predicted octanol–water partition coefficient (Wildman–Crippen LogP) is 1.64. The minimum absolute atomic E-state index is 0.0713. The molecule has 0 aliphatic carbocycles. The largest absolute Gasteiger partial charge is 0.379 e. The first-order valence-corrected chi connectivity index (χ1v) is 10.00. The first-order chi connectivity index (χ1) is 12.2. The van der Waals surface area contributed by atoms with Gasteiger partial charge < -0.3 is 15.0 Å². The third-order valence-corrected chi connectivity index (χ3v) is 5.89. The van der Waals surface area contributed by atoms with Crippen LogP contribution < -0.4 is 5.32 Å². The number of hydrogen-bond donors (Lipinski definition) is 1. The second-order valence-corrected chi connectivity index (χ2v) is 7.70. The average molecular weight is 365 g/mol. The summed E-state index contributed by atoms with van der Waals surface area (Å²) in [5.74, 6) is -0.873. The highest BCUT2D eigenvalue weighted by atomic mass is 32.1. The summed E-state index contributed by atoms with van der Waals surface area (Å²) in [6.07, 6.45) is 3.11. The zero-order chi connectivity index (χ0) is 17.6. The van der Waals surface area contributed by atoms with Crippen LogP contribution >= 0.6 is 11.3 Å². The maximum absolute atomic E-state index is 12.5. The number of rotatable bonds is 4. The lowest BCUT2D eigenvalue weighted by molar-refractivity contribution is -0.147. The molecule has 2 amide bonds. The summed E-state index contributed by atoms with van der Waals surface area (Å²) in [6, 6.07) is 4.06. The highest BCUT2D eigenvalue weighted by Gasteiger charge is 2.32. The third kappa shape index (κ3) is 4.59. The molecule has 0 radical (unpaired) electrons. The zero-order valence-electron chi connectivity index (χ0n) is 14.8. The highest BCUT2D eigenvalue weighted by molar-refractivity contribution is 7.10. The number of piperidine rings is 1. The van der Waals surface area contributed by atoms with E-state index in [-0.39, 0.29) is 12.1 Å². The molecule has 1 aromatic rings. The van der Waals surface area contributed by atoms with E-state index < -0.39 is 11.8 Å². The van der Waals surface area contributed by atoms with Crippen LogP contribution in [0.5, 0.6) is 0 Å². The number of likely N-dealkylation sites (tertiary alicyclic amines) is 1. The normalized spacial score (nSPS) is 21.6. The van der Waals surface area contributed by atoms with Gasteiger partial charge in [0, 0.05) is 37.1 Å². The van der Waals surface area contributed by atoms with Gasteiger partial charge in [0.15, 0.2) is 0 Å². The Bertz CT molecular complexity index is 566. The summed E-state index contributed by atoms with van der Waals surface area (Å²) in [6.45, 7) is 6.45. The molecule has 2 unspecified atom stereocenters. The van der Waals surface area contributed by atoms with Gasteiger partial charge in [-0.3, -0.25) is 14.5 Å². The van der Waals surface area contributed by atoms with Crippen molar-refractivity contribution in [3.05, 3.63) is 22.4 Å². The van der Waals surface area contributed by atoms with Gasteiger partial charge >= 0.3 is 11.8 Å². The Morgan fingerprint density at radius 1 is 1.16 bits per heavy atom. The topological polar surface area (TPSA) is 61.9 Å². The minimum Gasteiger partial charge on any atom is -0.379 e. The lowest BCUT2D eigenvalue weighted by Gasteiger charge is -2.37. The summed E-state index contributed by atoms with van der Waals surface area (Å²) < 4.78 is 5.46. The van der Waals surface area contributed by atoms with Crippen molar-refractivity contribution >= 4 is 23.2 Å². The fourth-order valence-electron chi connectivity index (χ4n) is 3.65. The van der Waals surface area contributed by atoms with Gasteiger partial charge in [-0.25, -0.2) is 0 Å². The number of amides is 2. The molecule has 1 N–H and O–H groups in total. The van der Waals surface area contributed by atoms with Crippen molar-refractivity contribution in [1.82, 2.24) is 15.1 Å². The molecule has 2 atom stereocenters. The molecule has 1 aromatic heterocycles. The summed E-state index contributed by atoms with van der Waals surface area (Å²) in [4.78, 5) is 30.1. The summed E-state index contributed by atoms with van der Waals surface area (Å²) in [5, 5.41) is 5.01. The molecule has 2 aliphatic rings. The lowest BCUT2D eigenvalue weighted by atomic mass is 10.1. The van der Waals surface area contributed by atoms with E-state index in [0.29, 0.717) is 26.3 Å². The standard InChI is InChI=1S/C18H27N3O3S/c1-14(19-17(22)18(23)21-7-3-2-4-8-21)16(15-6-5-13-25-15)20-9-11-24-12-10-20/h5-6,13-14,16H,2-4,7-12H2,1H3,(H,19,22). The molecule has 0 spiro atoms. The summed E-state index contributed by atoms with van der Waals surface area (Å²) in [7, 11) is 0. The number of nitrogens with zero attached hydrogens (tertiary/aromatic N) is 2. The fraction of sp³-hybridized carbons (Fsp3) is 0.667. The third-order valence-electron chi connectivity index (χ3n) is 4.94. The van der Waals surface area contributed by atoms with Gasteiger partial charge in [-0.05, 0) is 37.6 Å². The predicted molar refractivity (Wildman–Crippen MR) is 97.5 cm³/mol. The van der Waals surface area contributed by atoms with Crippen molar-refractivity contribution in [2.24, 2.45) is 0 Å². The number of morpholine rings is 1. The van der Waals surface area contributed by atoms with Gasteiger partial charge in [-0.15, -0.1) is 11.3 Å². The molecular weight excluding hydrogens is 338 g/mol. The van der Waals surface area contributed by atoms with Crippen LogP contribution in [0.3, 0.4) is 0 Å². The van der Waals surface area contributed by atoms with E-state index in [1.165, 1.54) is 4.88 Å². The SMILES string of the molecule is CC(NC(=O)C(=O)N1CCCCC1)C(c1cccs1)N1CCOCC1. The monoisotopic (exact) mass is 365 g/mol. The van der Waals surface area contributed by atoms with Crippen LogP contribution in [0, 0.1) is 0 Å². The number of carbonyl (C=O) groups excluding carboxylic acids is 2. The van der Waals surface area contributed by atoms with Crippen LogP contribution in [0.2, 0.25) is 0 Å². The fourth-order valence-corrected chi connectivity index (χ4v) is 4.61. The summed E-state index contributed by atoms with van der Waals surface area (Å²) in [5.41, 5.74) is 0. The van der Waals surface area contributed by atoms with Crippen molar-refractivity contribution in [1.29, 1.82) is 0 Å². The number of nitrogens with one attached hydrogen (secondary N) is 1. The minimum atomic E-state index is -0.482. The van der Waals surface area contributed by atoms with Gasteiger partial charge in [0.05, 0.1) is 19.3 Å². The molecule has 0 bridgehead atoms. The molecule has 0 saturated carbocycles. The highest BCUT2D eigenvalue weighted by Crippen LogP contribution is 2.29. The number of ether oxygens (including phenoxy) is 1. The van der Waals surface area contributed by atoms with Gasteiger partial charge in [0.2, 0.25) is 0 Å². The van der Waals surface area contributed by atoms with Gasteiger partial charge in [-0.2, -0.15) is 0 Å². The van der Waals surface area contributed by atoms with Crippen molar-refractivity contribution in [2.45, 2.75) is 38.3 Å². The van der Waals surface area contributed by atoms with Gasteiger partial charge in [-0.1, -0.05) is 6.07 Å². The Kier molecular flexibility index (Phi) is 6.45. The Hall–Kier alpha value is -1.44. The Labute approximate surface area is 153 Å². The Morgan fingerprint density at radius 2 is 1.88 bits per heavy atom. The van der Waals surface area contributed by atoms with Crippen LogP contribution in [0.25, 0.3) is 0 Å². The van der Waals surface area contributed by atoms with Gasteiger partial charge in [0.25, 0.3) is 0 Å². The molecule has 138 valence electrons. The summed E-state index contributed by atoms with van der Waals surface area (Å²) >= 11 is 1.69. The molecule has 2 aliphatic heterocycles. The Morgan fingerprint density at radius 3 is 2.52 bits per heavy atom. The molecule has 7 heteroatoms. The van der Waals surface area contributed by atoms with Crippen molar-refractivity contribution < 1.29 is 14.3 Å². The quantitative estimate of drug-likeness (QED) is 0.824. The molecule has 3 rings (SSSR count). The molecular formula is C18H27N3O3S. The Balaban J connectivity index is 1.66. The van der Waals surface area contributed by atoms with Gasteiger partial charge in [0.1, 0.15) is 0 Å². The van der Waals surface area contributed by atoms with E-state index in [1.54, 1.807) is 16.2 Å². The van der Waals surface area contributed by atoms with E-state index in [9.17, 15) is 9.59 Å². The molecule has 2 saturated heterocycles. The number of carbonyl (C=O) groups is 2. The second-order valence-electron chi connectivity index (χ2n) is 6.72. The maximum Gasteiger partial charge on any atom is 0.311 e. The lowest BCUT2D eigenvalue weighted by Crippen LogP contribution is -2.52. The van der Waals surface area contributed by atoms with Crippen LogP contribution in [0.4, 0.5) is 0 Å². The number of hydrogen-bond acceptors (Lipinski definition) is 5. The molecule has 6 nitrogen and oxygen atoms in total. The second kappa shape index (κ2) is 8.78. The zero-order valence-corrected chi connectivity index (χ0v) is 15.6. The first kappa shape index (κ1) is 18.4. The van der Waals surface area contributed by atoms with E-state index in [2.05, 4.69) is 21.7 Å². The van der Waals surface area contributed by atoms with E-state index in [1.807, 2.05) is 13.0 Å². The van der Waals surface area contributed by atoms with Crippen molar-refractivity contribution in [3.63, 3.8) is 0 Å². The van der Waals surface area contributed by atoms with E-state index >= 15 is 0 Å². The molecule has 0 aromatic carbocycles. The smallest absolute Gasteiger partial charge is 0.311 e. The number of thiophene rings is 1. The first-order valence-electron chi connectivity index (χ1n) is 9.12. The molecule has 3 heterocycles. The van der Waals surface area contributed by atoms with Crippen LogP contribution in [0.1, 0.15) is 37.1 Å². The van der Waals surface area contributed by atoms with Crippen LogP contribution in [-0.4, -0.2) is 67.0 Å². The van der Waals surface area contributed by atoms with Crippen LogP contribution in [-0.2, 0) is 14.3 Å².